The summed E-state index contributed by atoms with van der Waals surface area (Å²) in [6.07, 6.45) is 17.7. The van der Waals surface area contributed by atoms with E-state index in [2.05, 4.69) is 74.5 Å². The maximum absolute atomic E-state index is 5.29. The fraction of sp³-hybridized carbons (Fsp3) is 0.517. The van der Waals surface area contributed by atoms with Crippen LogP contribution in [0.1, 0.15) is 83.7 Å². The molecule has 31 heavy (non-hydrogen) atoms. The van der Waals surface area contributed by atoms with Crippen LogP contribution in [0.5, 0.6) is 0 Å². The van der Waals surface area contributed by atoms with Crippen LogP contribution in [0.25, 0.3) is 0 Å². The third-order valence-corrected chi connectivity index (χ3v) is 6.71. The summed E-state index contributed by atoms with van der Waals surface area (Å²) < 4.78 is 0. The minimum absolute atomic E-state index is 0. The molecule has 1 aromatic carbocycles. The molecule has 0 spiro atoms. The second-order valence-corrected chi connectivity index (χ2v) is 9.26. The summed E-state index contributed by atoms with van der Waals surface area (Å²) in [5, 5.41) is 0. The average Bonchev–Trinajstić information content (AvgIpc) is 3.20. The van der Waals surface area contributed by atoms with Crippen LogP contribution in [-0.4, -0.2) is 17.7 Å². The number of allylic oxidation sites excluding steroid dienone is 4. The van der Waals surface area contributed by atoms with E-state index in [4.69, 9.17) is 4.99 Å². The SMILES string of the molecule is C=C=C(CCCC)N(C)C1=C(CCC2CCCC2)N=C(Cc2cccc(C)c2)CC=C1.[HH]. The number of aliphatic imine (C=N–C) groups is 1. The van der Waals surface area contributed by atoms with Crippen molar-refractivity contribution < 1.29 is 1.43 Å². The van der Waals surface area contributed by atoms with Crippen molar-refractivity contribution in [2.24, 2.45) is 10.9 Å². The molecule has 2 aliphatic rings. The lowest BCUT2D eigenvalue weighted by Crippen LogP contribution is -2.17. The molecule has 1 aliphatic heterocycles. The lowest BCUT2D eigenvalue weighted by atomic mass is 9.99. The van der Waals surface area contributed by atoms with Crippen LogP contribution in [0.3, 0.4) is 0 Å². The number of likely N-dealkylation sites (N-methyl/N-ethyl adjacent to an activating group) is 1. The van der Waals surface area contributed by atoms with Gasteiger partial charge in [-0.25, -0.2) is 0 Å². The highest BCUT2D eigenvalue weighted by atomic mass is 15.1. The van der Waals surface area contributed by atoms with Gasteiger partial charge in [0.1, 0.15) is 0 Å². The van der Waals surface area contributed by atoms with Crippen molar-refractivity contribution >= 4 is 5.71 Å². The van der Waals surface area contributed by atoms with Gasteiger partial charge in [0.25, 0.3) is 0 Å². The highest BCUT2D eigenvalue weighted by Gasteiger charge is 2.19. The Labute approximate surface area is 191 Å². The van der Waals surface area contributed by atoms with Crippen molar-refractivity contribution in [2.45, 2.75) is 84.5 Å². The number of hydrogen-bond donors (Lipinski definition) is 0. The summed E-state index contributed by atoms with van der Waals surface area (Å²) in [4.78, 5) is 7.59. The average molecular weight is 419 g/mol. The Balaban J connectivity index is 0.00000363. The van der Waals surface area contributed by atoms with Gasteiger partial charge in [0.15, 0.2) is 0 Å². The second kappa shape index (κ2) is 11.9. The van der Waals surface area contributed by atoms with Crippen molar-refractivity contribution in [1.82, 2.24) is 4.90 Å². The molecule has 2 heteroatoms. The molecule has 0 aromatic heterocycles. The van der Waals surface area contributed by atoms with Crippen molar-refractivity contribution in [1.29, 1.82) is 0 Å². The van der Waals surface area contributed by atoms with Gasteiger partial charge < -0.3 is 4.90 Å². The number of nitrogens with zero attached hydrogens (tertiary/aromatic N) is 2. The molecule has 0 amide bonds. The third kappa shape index (κ3) is 6.84. The molecule has 1 aliphatic carbocycles. The molecule has 1 fully saturated rings. The van der Waals surface area contributed by atoms with E-state index in [1.54, 1.807) is 0 Å². The molecular weight excluding hydrogens is 376 g/mol. The first-order valence-corrected chi connectivity index (χ1v) is 12.2. The van der Waals surface area contributed by atoms with Gasteiger partial charge in [-0.3, -0.25) is 4.99 Å². The quantitative estimate of drug-likeness (QED) is 0.350. The monoisotopic (exact) mass is 418 g/mol. The highest BCUT2D eigenvalue weighted by Crippen LogP contribution is 2.32. The minimum Gasteiger partial charge on any atom is -0.340 e. The molecule has 0 atom stereocenters. The molecule has 0 N–H and O–H groups in total. The Bertz CT molecular complexity index is 880. The summed E-state index contributed by atoms with van der Waals surface area (Å²) in [7, 11) is 2.17. The molecule has 0 saturated heterocycles. The molecule has 0 bridgehead atoms. The van der Waals surface area contributed by atoms with E-state index in [0.29, 0.717) is 0 Å². The Morgan fingerprint density at radius 1 is 1.29 bits per heavy atom. The van der Waals surface area contributed by atoms with Crippen LogP contribution >= 0.6 is 0 Å². The lowest BCUT2D eigenvalue weighted by molar-refractivity contribution is 0.475. The normalized spacial score (nSPS) is 16.8. The Hall–Kier alpha value is -2.31. The Morgan fingerprint density at radius 2 is 2.10 bits per heavy atom. The molecule has 1 aromatic rings. The second-order valence-electron chi connectivity index (χ2n) is 9.26. The van der Waals surface area contributed by atoms with E-state index in [1.807, 2.05) is 0 Å². The van der Waals surface area contributed by atoms with E-state index in [-0.39, 0.29) is 1.43 Å². The molecule has 0 unspecified atom stereocenters. The van der Waals surface area contributed by atoms with Gasteiger partial charge in [-0.15, -0.1) is 5.73 Å². The standard InChI is InChI=1S/C29H40N2.H2/c1-5-7-17-27(6-2)31(4)29-18-11-16-26(22-25-15-10-12-23(3)21-25)30-28(29)20-19-24-13-8-9-14-24;/h10-12,15,18,21,24H,2,5,7-9,13-14,16-17,19-20,22H2,1,3-4H3;1H. The topological polar surface area (TPSA) is 15.6 Å². The summed E-state index contributed by atoms with van der Waals surface area (Å²) in [5.41, 5.74) is 10.8. The van der Waals surface area contributed by atoms with Crippen LogP contribution in [0.2, 0.25) is 0 Å². The first-order valence-electron chi connectivity index (χ1n) is 12.2. The van der Waals surface area contributed by atoms with Crippen LogP contribution < -0.4 is 0 Å². The first-order chi connectivity index (χ1) is 15.1. The van der Waals surface area contributed by atoms with Crippen LogP contribution in [0.4, 0.5) is 0 Å². The number of benzene rings is 1. The maximum Gasteiger partial charge on any atom is 0.0639 e. The summed E-state index contributed by atoms with van der Waals surface area (Å²) in [6, 6.07) is 8.83. The molecule has 168 valence electrons. The summed E-state index contributed by atoms with van der Waals surface area (Å²) >= 11 is 0. The largest absolute Gasteiger partial charge is 0.340 e. The van der Waals surface area contributed by atoms with E-state index in [1.165, 1.54) is 78.9 Å². The Kier molecular flexibility index (Phi) is 8.98. The fourth-order valence-corrected chi connectivity index (χ4v) is 4.86. The van der Waals surface area contributed by atoms with Crippen molar-refractivity contribution in [3.8, 4) is 0 Å². The smallest absolute Gasteiger partial charge is 0.0639 e. The van der Waals surface area contributed by atoms with Gasteiger partial charge in [0.05, 0.1) is 17.1 Å². The summed E-state index contributed by atoms with van der Waals surface area (Å²) in [6.45, 7) is 8.38. The fourth-order valence-electron chi connectivity index (χ4n) is 4.86. The lowest BCUT2D eigenvalue weighted by Gasteiger charge is -2.24. The van der Waals surface area contributed by atoms with E-state index < -0.39 is 0 Å². The van der Waals surface area contributed by atoms with Gasteiger partial charge in [-0.1, -0.05) is 81.5 Å². The van der Waals surface area contributed by atoms with Gasteiger partial charge >= 0.3 is 0 Å². The molecule has 1 heterocycles. The third-order valence-electron chi connectivity index (χ3n) is 6.71. The summed E-state index contributed by atoms with van der Waals surface area (Å²) in [5.74, 6) is 0.871. The van der Waals surface area contributed by atoms with Crippen LogP contribution in [-0.2, 0) is 6.42 Å². The predicted octanol–water partition coefficient (Wildman–Crippen LogP) is 8.16. The zero-order valence-electron chi connectivity index (χ0n) is 19.9. The zero-order chi connectivity index (χ0) is 22.1. The molecule has 1 saturated carbocycles. The van der Waals surface area contributed by atoms with Crippen LogP contribution in [0, 0.1) is 12.8 Å². The van der Waals surface area contributed by atoms with E-state index in [9.17, 15) is 0 Å². The van der Waals surface area contributed by atoms with E-state index in [0.717, 1.165) is 31.6 Å². The first kappa shape index (κ1) is 23.4. The number of unbranched alkanes of at least 4 members (excludes halogenated alkanes) is 1. The molecule has 2 nitrogen and oxygen atoms in total. The molecule has 3 rings (SSSR count). The highest BCUT2D eigenvalue weighted by molar-refractivity contribution is 5.89. The van der Waals surface area contributed by atoms with Crippen molar-refractivity contribution in [3.05, 3.63) is 76.9 Å². The zero-order valence-corrected chi connectivity index (χ0v) is 19.9. The van der Waals surface area contributed by atoms with Gasteiger partial charge in [0.2, 0.25) is 0 Å². The van der Waals surface area contributed by atoms with Gasteiger partial charge in [-0.2, -0.15) is 0 Å². The molecular formula is C29H42N2. The maximum atomic E-state index is 5.29. The van der Waals surface area contributed by atoms with Gasteiger partial charge in [-0.05, 0) is 50.2 Å². The number of aryl methyl sites for hydroxylation is 1. The van der Waals surface area contributed by atoms with Crippen molar-refractivity contribution in [2.75, 3.05) is 7.05 Å². The predicted molar refractivity (Wildman–Crippen MR) is 136 cm³/mol. The van der Waals surface area contributed by atoms with Gasteiger partial charge in [0, 0.05) is 27.0 Å². The number of rotatable bonds is 10. The van der Waals surface area contributed by atoms with Crippen LogP contribution in [0.15, 0.2) is 70.8 Å². The molecule has 0 radical (unpaired) electrons. The number of hydrogen-bond acceptors (Lipinski definition) is 2. The Morgan fingerprint density at radius 3 is 2.81 bits per heavy atom. The van der Waals surface area contributed by atoms with Crippen molar-refractivity contribution in [3.63, 3.8) is 0 Å². The van der Waals surface area contributed by atoms with E-state index >= 15 is 0 Å². The minimum atomic E-state index is 0.